The van der Waals surface area contributed by atoms with E-state index in [0.717, 1.165) is 6.07 Å². The minimum Gasteiger partial charge on any atom is -0.334 e. The van der Waals surface area contributed by atoms with Crippen molar-refractivity contribution in [1.29, 1.82) is 0 Å². The van der Waals surface area contributed by atoms with E-state index in [0.29, 0.717) is 30.5 Å². The average molecular weight is 438 g/mol. The van der Waals surface area contributed by atoms with Crippen molar-refractivity contribution in [2.24, 2.45) is 0 Å². The van der Waals surface area contributed by atoms with Crippen LogP contribution in [0.15, 0.2) is 35.2 Å². The molecule has 1 aromatic heterocycles. The van der Waals surface area contributed by atoms with Crippen molar-refractivity contribution < 1.29 is 39.2 Å². The third kappa shape index (κ3) is 3.97. The lowest BCUT2D eigenvalue weighted by Gasteiger charge is -2.07. The maximum Gasteiger partial charge on any atom is 0.449 e. The highest BCUT2D eigenvalue weighted by Crippen LogP contribution is 2.37. The Kier molecular flexibility index (Phi) is 4.93. The Hall–Kier alpha value is -2.89. The molecule has 2 aromatic carbocycles. The molecule has 0 aliphatic heterocycles. The van der Waals surface area contributed by atoms with Gasteiger partial charge in [-0.1, -0.05) is 0 Å². The van der Waals surface area contributed by atoms with Crippen molar-refractivity contribution in [3.8, 4) is 22.5 Å². The lowest BCUT2D eigenvalue weighted by Crippen LogP contribution is -2.07. The molecule has 0 fully saturated rings. The van der Waals surface area contributed by atoms with Crippen molar-refractivity contribution in [1.82, 2.24) is 9.97 Å². The number of aromatic amines is 1. The summed E-state index contributed by atoms with van der Waals surface area (Å²) in [5, 5.41) is 0. The average Bonchev–Trinajstić information content (AvgIpc) is 3.01. The van der Waals surface area contributed by atoms with E-state index in [9.17, 15) is 39.2 Å². The number of aromatic nitrogens is 2. The number of sulfone groups is 1. The SMILES string of the molecule is CS(=O)(=O)c1c(F)cc(-c2nc(C(F)(F)F)[nH]c2-c2ccc(F)c(F)c2)cc1F. The lowest BCUT2D eigenvalue weighted by atomic mass is 10.0. The summed E-state index contributed by atoms with van der Waals surface area (Å²) < 4.78 is 117. The highest BCUT2D eigenvalue weighted by atomic mass is 32.2. The second-order valence-corrected chi connectivity index (χ2v) is 7.93. The Balaban J connectivity index is 2.29. The Morgan fingerprint density at radius 3 is 1.90 bits per heavy atom. The Morgan fingerprint density at radius 2 is 1.41 bits per heavy atom. The maximum absolute atomic E-state index is 14.2. The molecule has 1 heterocycles. The number of hydrogen-bond donors (Lipinski definition) is 1. The quantitative estimate of drug-likeness (QED) is 0.602. The van der Waals surface area contributed by atoms with Crippen LogP contribution in [-0.4, -0.2) is 24.6 Å². The number of nitrogens with zero attached hydrogens (tertiary/aromatic N) is 1. The zero-order valence-electron chi connectivity index (χ0n) is 14.2. The van der Waals surface area contributed by atoms with Crippen molar-refractivity contribution in [2.75, 3.05) is 6.26 Å². The molecular formula is C17H9F7N2O2S. The summed E-state index contributed by atoms with van der Waals surface area (Å²) in [4.78, 5) is 3.89. The Labute approximate surface area is 158 Å². The van der Waals surface area contributed by atoms with Crippen molar-refractivity contribution in [3.05, 3.63) is 59.4 Å². The fourth-order valence-corrected chi connectivity index (χ4v) is 3.45. The van der Waals surface area contributed by atoms with Crippen LogP contribution in [0.25, 0.3) is 22.5 Å². The molecule has 0 atom stereocenters. The molecule has 0 radical (unpaired) electrons. The standard InChI is InChI=1S/C17H9F7N2O2S/c1-29(27,28)15-11(20)5-8(6-12(15)21)14-13(25-16(26-14)17(22,23)24)7-2-3-9(18)10(19)4-7/h2-6H,1H3,(H,25,26). The highest BCUT2D eigenvalue weighted by Gasteiger charge is 2.36. The fourth-order valence-electron chi connectivity index (χ4n) is 2.63. The summed E-state index contributed by atoms with van der Waals surface area (Å²) in [6, 6.07) is 3.13. The van der Waals surface area contributed by atoms with E-state index < -0.39 is 67.0 Å². The van der Waals surface area contributed by atoms with Crippen LogP contribution in [0.4, 0.5) is 30.7 Å². The zero-order chi connectivity index (χ0) is 21.7. The lowest BCUT2D eigenvalue weighted by molar-refractivity contribution is -0.144. The van der Waals surface area contributed by atoms with Gasteiger partial charge in [0.15, 0.2) is 21.5 Å². The normalized spacial score (nSPS) is 12.4. The predicted molar refractivity (Wildman–Crippen MR) is 87.4 cm³/mol. The van der Waals surface area contributed by atoms with Gasteiger partial charge in [-0.05, 0) is 30.3 Å². The smallest absolute Gasteiger partial charge is 0.334 e. The first-order valence-electron chi connectivity index (χ1n) is 7.61. The molecule has 0 aliphatic carbocycles. The molecular weight excluding hydrogens is 429 g/mol. The minimum absolute atomic E-state index is 0.282. The first kappa shape index (κ1) is 20.8. The van der Waals surface area contributed by atoms with Crippen LogP contribution in [0.5, 0.6) is 0 Å². The number of benzene rings is 2. The van der Waals surface area contributed by atoms with E-state index in [1.165, 1.54) is 0 Å². The first-order valence-corrected chi connectivity index (χ1v) is 9.50. The van der Waals surface area contributed by atoms with Gasteiger partial charge in [-0.2, -0.15) is 13.2 Å². The second kappa shape index (κ2) is 6.87. The summed E-state index contributed by atoms with van der Waals surface area (Å²) in [6.45, 7) is 0. The number of imidazole rings is 1. The molecule has 3 rings (SSSR count). The van der Waals surface area contributed by atoms with Crippen LogP contribution >= 0.6 is 0 Å². The van der Waals surface area contributed by atoms with E-state index in [4.69, 9.17) is 0 Å². The van der Waals surface area contributed by atoms with Gasteiger partial charge in [-0.15, -0.1) is 0 Å². The van der Waals surface area contributed by atoms with Gasteiger partial charge in [-0.25, -0.2) is 31.0 Å². The Bertz CT molecular complexity index is 1190. The van der Waals surface area contributed by atoms with E-state index in [1.807, 2.05) is 4.98 Å². The molecule has 154 valence electrons. The summed E-state index contributed by atoms with van der Waals surface area (Å²) >= 11 is 0. The molecule has 0 unspecified atom stereocenters. The molecule has 0 spiro atoms. The molecule has 12 heteroatoms. The highest BCUT2D eigenvalue weighted by molar-refractivity contribution is 7.90. The van der Waals surface area contributed by atoms with Crippen LogP contribution in [0, 0.1) is 23.3 Å². The molecule has 4 nitrogen and oxygen atoms in total. The van der Waals surface area contributed by atoms with Crippen LogP contribution in [-0.2, 0) is 16.0 Å². The first-order chi connectivity index (χ1) is 13.3. The van der Waals surface area contributed by atoms with Crippen LogP contribution < -0.4 is 0 Å². The number of rotatable bonds is 3. The van der Waals surface area contributed by atoms with Gasteiger partial charge < -0.3 is 4.98 Å². The minimum atomic E-state index is -4.99. The summed E-state index contributed by atoms with van der Waals surface area (Å²) in [7, 11) is -4.30. The third-order valence-electron chi connectivity index (χ3n) is 3.82. The predicted octanol–water partition coefficient (Wildman–Crippen LogP) is 4.72. The molecule has 0 saturated heterocycles. The maximum atomic E-state index is 14.2. The number of halogens is 7. The summed E-state index contributed by atoms with van der Waals surface area (Å²) in [6.07, 6.45) is -4.44. The van der Waals surface area contributed by atoms with Gasteiger partial charge in [-0.3, -0.25) is 0 Å². The van der Waals surface area contributed by atoms with Gasteiger partial charge in [0, 0.05) is 17.4 Å². The van der Waals surface area contributed by atoms with E-state index in [-0.39, 0.29) is 5.56 Å². The van der Waals surface area contributed by atoms with Crippen LogP contribution in [0.3, 0.4) is 0 Å². The topological polar surface area (TPSA) is 62.8 Å². The monoisotopic (exact) mass is 438 g/mol. The number of hydrogen-bond acceptors (Lipinski definition) is 3. The second-order valence-electron chi connectivity index (χ2n) is 5.98. The van der Waals surface area contributed by atoms with E-state index in [2.05, 4.69) is 4.98 Å². The van der Waals surface area contributed by atoms with Crippen LogP contribution in [0.1, 0.15) is 5.82 Å². The molecule has 0 amide bonds. The number of nitrogens with one attached hydrogen (secondary N) is 1. The Morgan fingerprint density at radius 1 is 0.862 bits per heavy atom. The van der Waals surface area contributed by atoms with E-state index in [1.54, 1.807) is 0 Å². The summed E-state index contributed by atoms with van der Waals surface area (Å²) in [5.41, 5.74) is -1.96. The van der Waals surface area contributed by atoms with Gasteiger partial charge >= 0.3 is 6.18 Å². The zero-order valence-corrected chi connectivity index (χ0v) is 15.0. The van der Waals surface area contributed by atoms with Gasteiger partial charge in [0.25, 0.3) is 0 Å². The van der Waals surface area contributed by atoms with Crippen molar-refractivity contribution in [3.63, 3.8) is 0 Å². The molecule has 0 aliphatic rings. The molecule has 1 N–H and O–H groups in total. The van der Waals surface area contributed by atoms with Crippen molar-refractivity contribution in [2.45, 2.75) is 11.1 Å². The molecule has 0 saturated carbocycles. The van der Waals surface area contributed by atoms with E-state index >= 15 is 0 Å². The number of H-pyrrole nitrogens is 1. The third-order valence-corrected chi connectivity index (χ3v) is 4.95. The summed E-state index contributed by atoms with van der Waals surface area (Å²) in [5.74, 6) is -7.28. The largest absolute Gasteiger partial charge is 0.449 e. The molecule has 29 heavy (non-hydrogen) atoms. The van der Waals surface area contributed by atoms with Crippen molar-refractivity contribution >= 4 is 9.84 Å². The van der Waals surface area contributed by atoms with Gasteiger partial charge in [0.05, 0.1) is 11.4 Å². The fraction of sp³-hybridized carbons (Fsp3) is 0.118. The molecule has 0 bridgehead atoms. The number of alkyl halides is 3. The molecule has 3 aromatic rings. The van der Waals surface area contributed by atoms with Gasteiger partial charge in [0.1, 0.15) is 16.5 Å². The van der Waals surface area contributed by atoms with Gasteiger partial charge in [0.2, 0.25) is 5.82 Å². The van der Waals surface area contributed by atoms with Crippen LogP contribution in [0.2, 0.25) is 0 Å².